The Balaban J connectivity index is 3.85. The summed E-state index contributed by atoms with van der Waals surface area (Å²) in [6, 6.07) is 3.64. The van der Waals surface area contributed by atoms with E-state index in [-0.39, 0.29) is 5.41 Å². The lowest BCUT2D eigenvalue weighted by Gasteiger charge is -2.28. The van der Waals surface area contributed by atoms with Gasteiger partial charge in [0.2, 0.25) is 0 Å². The maximum absolute atomic E-state index is 12.2. The van der Waals surface area contributed by atoms with Crippen LogP contribution in [0, 0.1) is 0 Å². The summed E-state index contributed by atoms with van der Waals surface area (Å²) in [7, 11) is 2.69. The van der Waals surface area contributed by atoms with E-state index in [0.29, 0.717) is 16.7 Å². The molecule has 0 unspecified atom stereocenters. The van der Waals surface area contributed by atoms with Crippen molar-refractivity contribution in [3.63, 3.8) is 0 Å². The van der Waals surface area contributed by atoms with Crippen molar-refractivity contribution in [2.75, 3.05) is 14.2 Å². The summed E-state index contributed by atoms with van der Waals surface area (Å²) in [6.07, 6.45) is 0. The quantitative estimate of drug-likeness (QED) is 0.779. The Morgan fingerprint density at radius 3 is 1.36 bits per heavy atom. The van der Waals surface area contributed by atoms with Crippen molar-refractivity contribution in [1.82, 2.24) is 0 Å². The van der Waals surface area contributed by atoms with Crippen molar-refractivity contribution in [3.05, 3.63) is 34.4 Å². The average molecular weight is 306 g/mol. The Kier molecular flexibility index (Phi) is 5.06. The van der Waals surface area contributed by atoms with Crippen LogP contribution in [0.15, 0.2) is 12.1 Å². The number of hydrogen-bond donors (Lipinski definition) is 0. The van der Waals surface area contributed by atoms with Gasteiger partial charge in [0.15, 0.2) is 0 Å². The lowest BCUT2D eigenvalue weighted by atomic mass is 9.76. The lowest BCUT2D eigenvalue weighted by molar-refractivity contribution is 0.0593. The van der Waals surface area contributed by atoms with E-state index < -0.39 is 17.4 Å². The fourth-order valence-corrected chi connectivity index (χ4v) is 2.43. The molecule has 1 aromatic rings. The van der Waals surface area contributed by atoms with Crippen molar-refractivity contribution >= 4 is 11.9 Å². The second kappa shape index (κ2) is 6.11. The van der Waals surface area contributed by atoms with E-state index >= 15 is 0 Å². The van der Waals surface area contributed by atoms with Crippen LogP contribution in [0.5, 0.6) is 0 Å². The number of esters is 2. The third-order valence-corrected chi connectivity index (χ3v) is 3.56. The van der Waals surface area contributed by atoms with Gasteiger partial charge in [-0.1, -0.05) is 41.5 Å². The number of rotatable bonds is 2. The highest BCUT2D eigenvalue weighted by atomic mass is 16.5. The first-order chi connectivity index (χ1) is 9.93. The van der Waals surface area contributed by atoms with Crippen LogP contribution in [0.25, 0.3) is 0 Å². The molecule has 0 heterocycles. The van der Waals surface area contributed by atoms with Gasteiger partial charge in [-0.05, 0) is 34.1 Å². The Morgan fingerprint density at radius 2 is 1.14 bits per heavy atom. The Morgan fingerprint density at radius 1 is 0.773 bits per heavy atom. The summed E-state index contributed by atoms with van der Waals surface area (Å²) in [5.41, 5.74) is 1.77. The smallest absolute Gasteiger partial charge is 0.338 e. The highest BCUT2D eigenvalue weighted by molar-refractivity contribution is 5.99. The first kappa shape index (κ1) is 18.2. The molecule has 0 fully saturated rings. The molecule has 1 aromatic carbocycles. The summed E-state index contributed by atoms with van der Waals surface area (Å²) in [5.74, 6) is -0.887. The van der Waals surface area contributed by atoms with Crippen LogP contribution in [0.2, 0.25) is 0 Å². The fourth-order valence-electron chi connectivity index (χ4n) is 2.43. The number of carbonyl (C=O) groups excluding carboxylic acids is 2. The predicted molar refractivity (Wildman–Crippen MR) is 86.5 cm³/mol. The molecular weight excluding hydrogens is 280 g/mol. The largest absolute Gasteiger partial charge is 0.465 e. The third-order valence-electron chi connectivity index (χ3n) is 3.56. The molecule has 0 bridgehead atoms. The molecule has 22 heavy (non-hydrogen) atoms. The number of benzene rings is 1. The minimum absolute atomic E-state index is 0.206. The van der Waals surface area contributed by atoms with E-state index in [9.17, 15) is 9.59 Å². The molecular formula is C18H26O4. The van der Waals surface area contributed by atoms with Crippen LogP contribution in [0.4, 0.5) is 0 Å². The van der Waals surface area contributed by atoms with Crippen molar-refractivity contribution in [2.24, 2.45) is 0 Å². The monoisotopic (exact) mass is 306 g/mol. The molecule has 0 amide bonds. The van der Waals surface area contributed by atoms with Gasteiger partial charge in [-0.2, -0.15) is 0 Å². The molecule has 4 nitrogen and oxygen atoms in total. The molecule has 0 radical (unpaired) electrons. The van der Waals surface area contributed by atoms with Crippen LogP contribution in [0.3, 0.4) is 0 Å². The van der Waals surface area contributed by atoms with E-state index in [4.69, 9.17) is 9.47 Å². The molecule has 1 rings (SSSR count). The maximum Gasteiger partial charge on any atom is 0.338 e. The number of methoxy groups -OCH3 is 2. The first-order valence-corrected chi connectivity index (χ1v) is 7.29. The molecule has 0 aliphatic carbocycles. The zero-order valence-corrected chi connectivity index (χ0v) is 14.8. The molecule has 0 aromatic heterocycles. The first-order valence-electron chi connectivity index (χ1n) is 7.29. The Labute approximate surface area is 132 Å². The van der Waals surface area contributed by atoms with Crippen LogP contribution < -0.4 is 0 Å². The molecule has 122 valence electrons. The second-order valence-electron chi connectivity index (χ2n) is 7.43. The zero-order valence-electron chi connectivity index (χ0n) is 14.8. The maximum atomic E-state index is 12.2. The van der Waals surface area contributed by atoms with Gasteiger partial charge in [-0.25, -0.2) is 9.59 Å². The minimum Gasteiger partial charge on any atom is -0.465 e. The highest BCUT2D eigenvalue weighted by Crippen LogP contribution is 2.35. The van der Waals surface area contributed by atoms with Crippen molar-refractivity contribution < 1.29 is 19.1 Å². The van der Waals surface area contributed by atoms with E-state index in [1.165, 1.54) is 14.2 Å². The molecule has 0 saturated heterocycles. The van der Waals surface area contributed by atoms with Crippen LogP contribution in [-0.2, 0) is 20.3 Å². The topological polar surface area (TPSA) is 52.6 Å². The summed E-state index contributed by atoms with van der Waals surface area (Å²) < 4.78 is 9.83. The zero-order chi connectivity index (χ0) is 17.3. The Hall–Kier alpha value is -1.84. The SMILES string of the molecule is COC(=O)c1cc(C(C)(C)C)cc(C(=O)OC)c1C(C)(C)C. The van der Waals surface area contributed by atoms with Gasteiger partial charge < -0.3 is 9.47 Å². The Bertz CT molecular complexity index is 549. The fraction of sp³-hybridized carbons (Fsp3) is 0.556. The number of ether oxygens (including phenoxy) is 2. The van der Waals surface area contributed by atoms with Crippen molar-refractivity contribution in [3.8, 4) is 0 Å². The summed E-state index contributed by atoms with van der Waals surface area (Å²) in [4.78, 5) is 24.5. The van der Waals surface area contributed by atoms with Gasteiger partial charge in [-0.15, -0.1) is 0 Å². The molecule has 4 heteroatoms. The lowest BCUT2D eigenvalue weighted by Crippen LogP contribution is -2.25. The van der Waals surface area contributed by atoms with Crippen molar-refractivity contribution in [2.45, 2.75) is 52.4 Å². The van der Waals surface area contributed by atoms with Gasteiger partial charge in [0.05, 0.1) is 25.3 Å². The van der Waals surface area contributed by atoms with E-state index in [0.717, 1.165) is 5.56 Å². The standard InChI is InChI=1S/C18H26O4/c1-17(2,3)11-9-12(15(19)21-7)14(18(4,5)6)13(10-11)16(20)22-8/h9-10H,1-8H3. The average Bonchev–Trinajstić information content (AvgIpc) is 2.42. The molecule has 0 aliphatic rings. The van der Waals surface area contributed by atoms with Gasteiger partial charge in [0.25, 0.3) is 0 Å². The third kappa shape index (κ3) is 3.67. The van der Waals surface area contributed by atoms with Crippen LogP contribution in [0.1, 0.15) is 73.4 Å². The molecule has 0 atom stereocenters. The number of carbonyl (C=O) groups is 2. The highest BCUT2D eigenvalue weighted by Gasteiger charge is 2.31. The molecule has 0 spiro atoms. The normalized spacial score (nSPS) is 12.0. The van der Waals surface area contributed by atoms with E-state index in [1.54, 1.807) is 0 Å². The van der Waals surface area contributed by atoms with Gasteiger partial charge in [-0.3, -0.25) is 0 Å². The number of hydrogen-bond acceptors (Lipinski definition) is 4. The van der Waals surface area contributed by atoms with Crippen LogP contribution >= 0.6 is 0 Å². The second-order valence-corrected chi connectivity index (χ2v) is 7.43. The molecule has 0 N–H and O–H groups in total. The predicted octanol–water partition coefficient (Wildman–Crippen LogP) is 3.85. The summed E-state index contributed by atoms with van der Waals surface area (Å²) in [5, 5.41) is 0. The summed E-state index contributed by atoms with van der Waals surface area (Å²) in [6.45, 7) is 12.0. The molecule has 0 saturated carbocycles. The van der Waals surface area contributed by atoms with Gasteiger partial charge in [0.1, 0.15) is 0 Å². The minimum atomic E-state index is -0.443. The summed E-state index contributed by atoms with van der Waals surface area (Å²) >= 11 is 0. The van der Waals surface area contributed by atoms with Gasteiger partial charge >= 0.3 is 11.9 Å². The van der Waals surface area contributed by atoms with Gasteiger partial charge in [0, 0.05) is 0 Å². The van der Waals surface area contributed by atoms with E-state index in [2.05, 4.69) is 0 Å². The van der Waals surface area contributed by atoms with Crippen molar-refractivity contribution in [1.29, 1.82) is 0 Å². The van der Waals surface area contributed by atoms with E-state index in [1.807, 2.05) is 53.7 Å². The van der Waals surface area contributed by atoms with Crippen LogP contribution in [-0.4, -0.2) is 26.2 Å². The molecule has 0 aliphatic heterocycles.